The summed E-state index contributed by atoms with van der Waals surface area (Å²) in [7, 11) is 0. The maximum absolute atomic E-state index is 12.4. The zero-order chi connectivity index (χ0) is 27.4. The zero-order valence-electron chi connectivity index (χ0n) is 23.6. The van der Waals surface area contributed by atoms with E-state index in [9.17, 15) is 9.90 Å². The summed E-state index contributed by atoms with van der Waals surface area (Å²) in [4.78, 5) is 12.4. The highest BCUT2D eigenvalue weighted by Crippen LogP contribution is 2.22. The smallest absolute Gasteiger partial charge is 0.338 e. The van der Waals surface area contributed by atoms with Gasteiger partial charge in [-0.05, 0) is 75.7 Å². The minimum absolute atomic E-state index is 0.175. The topological polar surface area (TPSA) is 69.9 Å². The molecule has 0 spiro atoms. The van der Waals surface area contributed by atoms with Crippen LogP contribution in [0.25, 0.3) is 10.9 Å². The number of ether oxygens (including phenoxy) is 3. The van der Waals surface area contributed by atoms with E-state index in [1.54, 1.807) is 6.07 Å². The lowest BCUT2D eigenvalue weighted by molar-refractivity contribution is 0.00696. The number of nitrogens with zero attached hydrogens (tertiary/aromatic N) is 1. The average molecular weight is 524 g/mol. The maximum Gasteiger partial charge on any atom is 0.338 e. The van der Waals surface area contributed by atoms with Crippen LogP contribution in [0, 0.1) is 0 Å². The number of carbonyl (C=O) groups excluding carboxylic acids is 1. The molecule has 1 aromatic heterocycles. The van der Waals surface area contributed by atoms with Crippen LogP contribution in [-0.4, -0.2) is 40.6 Å². The second-order valence-electron chi connectivity index (χ2n) is 11.0. The number of carbonyl (C=O) groups is 1. The van der Waals surface area contributed by atoms with E-state index in [1.807, 2.05) is 74.0 Å². The molecule has 0 saturated carbocycles. The summed E-state index contributed by atoms with van der Waals surface area (Å²) >= 11 is 0. The third kappa shape index (κ3) is 10.1. The van der Waals surface area contributed by atoms with E-state index in [1.165, 1.54) is 44.9 Å². The van der Waals surface area contributed by atoms with Crippen molar-refractivity contribution in [1.29, 1.82) is 0 Å². The van der Waals surface area contributed by atoms with Gasteiger partial charge in [0.05, 0.1) is 18.7 Å². The van der Waals surface area contributed by atoms with Crippen LogP contribution in [0.1, 0.15) is 89.4 Å². The van der Waals surface area contributed by atoms with Crippen molar-refractivity contribution in [3.63, 3.8) is 0 Å². The van der Waals surface area contributed by atoms with Gasteiger partial charge in [0, 0.05) is 17.1 Å². The number of hydrogen-bond acceptors (Lipinski definition) is 5. The van der Waals surface area contributed by atoms with E-state index < -0.39 is 11.7 Å². The van der Waals surface area contributed by atoms with Crippen LogP contribution in [-0.2, 0) is 11.3 Å². The first-order chi connectivity index (χ1) is 18.2. The van der Waals surface area contributed by atoms with Crippen LogP contribution in [0.2, 0.25) is 0 Å². The number of aromatic nitrogens is 1. The van der Waals surface area contributed by atoms with Crippen LogP contribution >= 0.6 is 0 Å². The van der Waals surface area contributed by atoms with Crippen molar-refractivity contribution < 1.29 is 24.1 Å². The predicted octanol–water partition coefficient (Wildman–Crippen LogP) is 7.56. The quantitative estimate of drug-likeness (QED) is 0.155. The van der Waals surface area contributed by atoms with Crippen molar-refractivity contribution in [3.8, 4) is 11.5 Å². The summed E-state index contributed by atoms with van der Waals surface area (Å²) in [6.07, 6.45) is 11.5. The molecule has 208 valence electrons. The predicted molar refractivity (Wildman–Crippen MR) is 153 cm³/mol. The van der Waals surface area contributed by atoms with E-state index in [0.29, 0.717) is 17.9 Å². The first-order valence-corrected chi connectivity index (χ1v) is 14.1. The lowest BCUT2D eigenvalue weighted by Gasteiger charge is -2.19. The van der Waals surface area contributed by atoms with E-state index >= 15 is 0 Å². The van der Waals surface area contributed by atoms with Gasteiger partial charge < -0.3 is 23.9 Å². The van der Waals surface area contributed by atoms with Gasteiger partial charge in [0.2, 0.25) is 0 Å². The lowest BCUT2D eigenvalue weighted by atomic mass is 10.1. The summed E-state index contributed by atoms with van der Waals surface area (Å²) in [6.45, 7) is 9.10. The molecule has 0 aliphatic carbocycles. The number of aliphatic hydroxyl groups excluding tert-OH is 1. The third-order valence-corrected chi connectivity index (χ3v) is 6.35. The molecule has 3 aromatic rings. The number of esters is 1. The number of unbranched alkanes of at least 4 members (excludes halogenated alkanes) is 7. The Morgan fingerprint density at radius 3 is 2.16 bits per heavy atom. The maximum atomic E-state index is 12.4. The fourth-order valence-electron chi connectivity index (χ4n) is 4.35. The molecule has 0 amide bonds. The molecule has 1 atom stereocenters. The molecule has 0 saturated heterocycles. The number of rotatable bonds is 16. The van der Waals surface area contributed by atoms with Gasteiger partial charge in [0.15, 0.2) is 0 Å². The summed E-state index contributed by atoms with van der Waals surface area (Å²) in [5.41, 5.74) is 0.913. The van der Waals surface area contributed by atoms with Crippen molar-refractivity contribution in [2.75, 3.05) is 13.2 Å². The summed E-state index contributed by atoms with van der Waals surface area (Å²) < 4.78 is 19.1. The third-order valence-electron chi connectivity index (χ3n) is 6.35. The molecule has 1 heterocycles. The lowest BCUT2D eigenvalue weighted by Crippen LogP contribution is -2.24. The van der Waals surface area contributed by atoms with Gasteiger partial charge in [-0.2, -0.15) is 0 Å². The number of benzene rings is 2. The van der Waals surface area contributed by atoms with Crippen molar-refractivity contribution in [2.24, 2.45) is 0 Å². The number of hydrogen-bond donors (Lipinski definition) is 1. The molecule has 0 aliphatic rings. The minimum Gasteiger partial charge on any atom is -0.494 e. The molecule has 1 unspecified atom stereocenters. The first-order valence-electron chi connectivity index (χ1n) is 14.1. The largest absolute Gasteiger partial charge is 0.494 e. The molecule has 0 fully saturated rings. The Balaban J connectivity index is 1.38. The SMILES string of the molecule is CCCCCCCCCCOc1ccc(OCC(O)Cn2ccc3cc(C(=O)OC(C)(C)C)ccc32)cc1. The summed E-state index contributed by atoms with van der Waals surface area (Å²) in [5.74, 6) is 1.19. The van der Waals surface area contributed by atoms with Gasteiger partial charge in [-0.25, -0.2) is 4.79 Å². The summed E-state index contributed by atoms with van der Waals surface area (Å²) in [5, 5.41) is 11.5. The van der Waals surface area contributed by atoms with Gasteiger partial charge in [-0.3, -0.25) is 0 Å². The fourth-order valence-corrected chi connectivity index (χ4v) is 4.35. The van der Waals surface area contributed by atoms with Gasteiger partial charge in [0.25, 0.3) is 0 Å². The Hall–Kier alpha value is -2.99. The van der Waals surface area contributed by atoms with Crippen molar-refractivity contribution >= 4 is 16.9 Å². The highest BCUT2D eigenvalue weighted by atomic mass is 16.6. The molecule has 0 radical (unpaired) electrons. The molecule has 6 heteroatoms. The molecule has 38 heavy (non-hydrogen) atoms. The average Bonchev–Trinajstić information content (AvgIpc) is 3.28. The van der Waals surface area contributed by atoms with Crippen molar-refractivity contribution in [3.05, 3.63) is 60.3 Å². The highest BCUT2D eigenvalue weighted by molar-refractivity contribution is 5.95. The van der Waals surface area contributed by atoms with Gasteiger partial charge in [-0.1, -0.05) is 51.9 Å². The Bertz CT molecular complexity index is 1110. The second kappa shape index (κ2) is 14.8. The molecular formula is C32H45NO5. The fraction of sp³-hybridized carbons (Fsp3) is 0.531. The number of aliphatic hydroxyl groups is 1. The number of fused-ring (bicyclic) bond motifs is 1. The van der Waals surface area contributed by atoms with Crippen LogP contribution < -0.4 is 9.47 Å². The van der Waals surface area contributed by atoms with E-state index in [-0.39, 0.29) is 12.6 Å². The second-order valence-corrected chi connectivity index (χ2v) is 11.0. The van der Waals surface area contributed by atoms with Gasteiger partial charge in [0.1, 0.15) is 29.8 Å². The molecule has 0 bridgehead atoms. The van der Waals surface area contributed by atoms with E-state index in [4.69, 9.17) is 14.2 Å². The van der Waals surface area contributed by atoms with Crippen molar-refractivity contribution in [1.82, 2.24) is 4.57 Å². The Morgan fingerprint density at radius 1 is 0.868 bits per heavy atom. The Kier molecular flexibility index (Phi) is 11.5. The molecule has 1 N–H and O–H groups in total. The molecule has 0 aliphatic heterocycles. The van der Waals surface area contributed by atoms with E-state index in [0.717, 1.165) is 29.7 Å². The van der Waals surface area contributed by atoms with Crippen LogP contribution in [0.4, 0.5) is 0 Å². The monoisotopic (exact) mass is 523 g/mol. The standard InChI is InChI=1S/C32H45NO5/c1-5-6-7-8-9-10-11-12-21-36-28-14-16-29(17-15-28)37-24-27(34)23-33-20-19-25-22-26(13-18-30(25)33)31(35)38-32(2,3)4/h13-20,22,27,34H,5-12,21,23-24H2,1-4H3. The molecule has 3 rings (SSSR count). The molecule has 2 aromatic carbocycles. The van der Waals surface area contributed by atoms with Gasteiger partial charge in [-0.15, -0.1) is 0 Å². The normalized spacial score (nSPS) is 12.4. The Morgan fingerprint density at radius 2 is 1.50 bits per heavy atom. The molecular weight excluding hydrogens is 478 g/mol. The minimum atomic E-state index is -0.686. The van der Waals surface area contributed by atoms with Gasteiger partial charge >= 0.3 is 5.97 Å². The summed E-state index contributed by atoms with van der Waals surface area (Å²) in [6, 6.07) is 15.0. The van der Waals surface area contributed by atoms with Crippen LogP contribution in [0.5, 0.6) is 11.5 Å². The highest BCUT2D eigenvalue weighted by Gasteiger charge is 2.18. The molecule has 6 nitrogen and oxygen atoms in total. The zero-order valence-corrected chi connectivity index (χ0v) is 23.6. The van der Waals surface area contributed by atoms with E-state index in [2.05, 4.69) is 6.92 Å². The van der Waals surface area contributed by atoms with Crippen LogP contribution in [0.3, 0.4) is 0 Å². The first kappa shape index (κ1) is 29.6. The Labute approximate surface area is 227 Å². The van der Waals surface area contributed by atoms with Crippen LogP contribution in [0.15, 0.2) is 54.7 Å². The van der Waals surface area contributed by atoms with Crippen molar-refractivity contribution in [2.45, 2.75) is 97.3 Å².